The van der Waals surface area contributed by atoms with Crippen LogP contribution in [0.4, 0.5) is 4.39 Å². The normalized spacial score (nSPS) is 20.4. The van der Waals surface area contributed by atoms with Crippen molar-refractivity contribution < 1.29 is 28.6 Å². The molecule has 2 aliphatic rings. The molecule has 2 atom stereocenters. The number of carbonyl (C=O) groups is 3. The first-order chi connectivity index (χ1) is 16.9. The standard InChI is InChI=1S/C27H28FNO5S/c1-34-20-6-4-5-18(13-20)23(30)16-35-24-11-12-29(15-19(24)14-25(31)32)26(27(33)17-9-10-17)21-7-2-3-8-22(21)28/h2-8,13-14,17,24,26H,9-12,15-16H2,1H3,(H,31,32)/b19-14+/i4+1,5+1,6+1,13+1,18+1,20+1. The molecule has 1 saturated heterocycles. The third kappa shape index (κ3) is 6.18. The van der Waals surface area contributed by atoms with Gasteiger partial charge in [-0.25, -0.2) is 9.18 Å². The van der Waals surface area contributed by atoms with Gasteiger partial charge in [-0.2, -0.15) is 0 Å². The maximum atomic E-state index is 14.7. The van der Waals surface area contributed by atoms with Crippen LogP contribution >= 0.6 is 11.8 Å². The summed E-state index contributed by atoms with van der Waals surface area (Å²) in [5.41, 5.74) is 1.49. The third-order valence-corrected chi connectivity index (χ3v) is 7.78. The smallest absolute Gasteiger partial charge is 0.328 e. The van der Waals surface area contributed by atoms with Crippen molar-refractivity contribution in [1.29, 1.82) is 0 Å². The number of halogens is 1. The number of aliphatic carboxylic acids is 1. The van der Waals surface area contributed by atoms with Crippen molar-refractivity contribution in [2.45, 2.75) is 30.6 Å². The first kappa shape index (κ1) is 25.1. The minimum Gasteiger partial charge on any atom is -0.497 e. The molecule has 2 fully saturated rings. The van der Waals surface area contributed by atoms with Gasteiger partial charge >= 0.3 is 5.97 Å². The number of ketones is 2. The summed E-state index contributed by atoms with van der Waals surface area (Å²) in [7, 11) is 1.54. The van der Waals surface area contributed by atoms with E-state index in [-0.39, 0.29) is 35.0 Å². The topological polar surface area (TPSA) is 83.9 Å². The van der Waals surface area contributed by atoms with Gasteiger partial charge in [-0.3, -0.25) is 14.5 Å². The van der Waals surface area contributed by atoms with E-state index >= 15 is 0 Å². The number of methoxy groups -OCH3 is 1. The van der Waals surface area contributed by atoms with Crippen LogP contribution < -0.4 is 4.74 Å². The summed E-state index contributed by atoms with van der Waals surface area (Å²) in [6, 6.07) is 12.5. The van der Waals surface area contributed by atoms with Crippen molar-refractivity contribution in [3.63, 3.8) is 0 Å². The van der Waals surface area contributed by atoms with Gasteiger partial charge in [0.25, 0.3) is 0 Å². The van der Waals surface area contributed by atoms with E-state index in [0.29, 0.717) is 35.4 Å². The average molecular weight is 504 g/mol. The minimum atomic E-state index is -1.08. The average Bonchev–Trinajstić information content (AvgIpc) is 3.70. The predicted octanol–water partition coefficient (Wildman–Crippen LogP) is 4.56. The van der Waals surface area contributed by atoms with E-state index in [1.165, 1.54) is 31.0 Å². The number of thioether (sulfide) groups is 1. The Hall–Kier alpha value is -2.97. The van der Waals surface area contributed by atoms with E-state index in [2.05, 4.69) is 0 Å². The largest absolute Gasteiger partial charge is 0.497 e. The lowest BCUT2D eigenvalue weighted by molar-refractivity contribution is -0.131. The van der Waals surface area contributed by atoms with Crippen LogP contribution in [-0.4, -0.2) is 58.7 Å². The Morgan fingerprint density at radius 3 is 2.63 bits per heavy atom. The summed E-state index contributed by atoms with van der Waals surface area (Å²) in [4.78, 5) is 39.4. The van der Waals surface area contributed by atoms with Crippen LogP contribution in [-0.2, 0) is 9.59 Å². The van der Waals surface area contributed by atoms with Gasteiger partial charge in [0.05, 0.1) is 18.9 Å². The van der Waals surface area contributed by atoms with Crippen molar-refractivity contribution >= 4 is 29.3 Å². The first-order valence-corrected chi connectivity index (χ1v) is 12.7. The quantitative estimate of drug-likeness (QED) is 0.376. The van der Waals surface area contributed by atoms with Gasteiger partial charge in [0, 0.05) is 41.5 Å². The Morgan fingerprint density at radius 2 is 1.94 bits per heavy atom. The van der Waals surface area contributed by atoms with Gasteiger partial charge in [-0.05, 0) is 43.0 Å². The van der Waals surface area contributed by atoms with Crippen LogP contribution in [0.2, 0.25) is 0 Å². The van der Waals surface area contributed by atoms with Gasteiger partial charge < -0.3 is 9.84 Å². The van der Waals surface area contributed by atoms with E-state index in [4.69, 9.17) is 4.74 Å². The van der Waals surface area contributed by atoms with Gasteiger partial charge in [0.1, 0.15) is 11.6 Å². The Morgan fingerprint density at radius 1 is 1.17 bits per heavy atom. The monoisotopic (exact) mass is 503 g/mol. The number of carboxylic acids is 1. The number of nitrogens with zero attached hydrogens (tertiary/aromatic N) is 1. The number of piperidine rings is 1. The lowest BCUT2D eigenvalue weighted by atomic mass is 9.93. The molecule has 2 unspecified atom stereocenters. The highest BCUT2D eigenvalue weighted by Gasteiger charge is 2.41. The highest BCUT2D eigenvalue weighted by molar-refractivity contribution is 8.00. The van der Waals surface area contributed by atoms with Gasteiger partial charge in [0.15, 0.2) is 11.6 Å². The van der Waals surface area contributed by atoms with Crippen LogP contribution in [0.25, 0.3) is 0 Å². The molecule has 1 heterocycles. The SMILES string of the molecule is CO[13c]1[13cH][13cH][13cH][13c](C(=O)CSC2CCN(C(C(=O)C3CC3)c3ccccc3F)C/C2=C\C(=O)O)[13cH]1. The summed E-state index contributed by atoms with van der Waals surface area (Å²) < 4.78 is 19.9. The van der Waals surface area contributed by atoms with E-state index < -0.39 is 17.8 Å². The second-order valence-electron chi connectivity index (χ2n) is 8.87. The molecule has 2 aromatic rings. The van der Waals surface area contributed by atoms with Gasteiger partial charge in [-0.1, -0.05) is 30.3 Å². The zero-order valence-electron chi connectivity index (χ0n) is 19.5. The maximum absolute atomic E-state index is 14.7. The van der Waals surface area contributed by atoms with Crippen LogP contribution in [0.3, 0.4) is 0 Å². The second-order valence-corrected chi connectivity index (χ2v) is 10.1. The highest BCUT2D eigenvalue weighted by atomic mass is 32.2. The van der Waals surface area contributed by atoms with Crippen molar-refractivity contribution in [2.24, 2.45) is 5.92 Å². The van der Waals surface area contributed by atoms with E-state index in [0.717, 1.165) is 12.8 Å². The highest BCUT2D eigenvalue weighted by Crippen LogP contribution is 2.40. The molecule has 0 amide bonds. The van der Waals surface area contributed by atoms with Crippen LogP contribution in [0.1, 0.15) is 41.2 Å². The zero-order valence-corrected chi connectivity index (χ0v) is 20.3. The predicted molar refractivity (Wildman–Crippen MR) is 132 cm³/mol. The summed E-state index contributed by atoms with van der Waals surface area (Å²) in [5.74, 6) is -0.882. The summed E-state index contributed by atoms with van der Waals surface area (Å²) in [5, 5.41) is 9.29. The Labute approximate surface area is 208 Å². The maximum Gasteiger partial charge on any atom is 0.328 e. The van der Waals surface area contributed by atoms with Crippen LogP contribution in [0.15, 0.2) is 60.2 Å². The molecule has 1 aliphatic heterocycles. The number of carbonyl (C=O) groups excluding carboxylic acids is 2. The molecule has 8 heteroatoms. The van der Waals surface area contributed by atoms with Gasteiger partial charge in [0.2, 0.25) is 0 Å². The first-order valence-electron chi connectivity index (χ1n) is 11.6. The summed E-state index contributed by atoms with van der Waals surface area (Å²) in [6.07, 6.45) is 3.33. The molecule has 0 radical (unpaired) electrons. The third-order valence-electron chi connectivity index (χ3n) is 6.41. The van der Waals surface area contributed by atoms with E-state index in [9.17, 15) is 23.9 Å². The minimum absolute atomic E-state index is 0.0101. The fraction of sp³-hybridized carbons (Fsp3) is 0.370. The number of likely N-dealkylation sites (tertiary alicyclic amines) is 1. The molecule has 0 bridgehead atoms. The number of carboxylic acid groups (broad SMARTS) is 1. The van der Waals surface area contributed by atoms with Crippen molar-refractivity contribution in [3.8, 4) is 5.75 Å². The molecule has 1 saturated carbocycles. The number of Topliss-reactive ketones (excluding diaryl/α,β-unsaturated/α-hetero) is 2. The van der Waals surface area contributed by atoms with Crippen molar-refractivity contribution in [3.05, 3.63) is 77.1 Å². The Balaban J connectivity index is 1.51. The lowest BCUT2D eigenvalue weighted by Crippen LogP contribution is -2.43. The Bertz CT molecular complexity index is 1150. The summed E-state index contributed by atoms with van der Waals surface area (Å²) in [6.45, 7) is 0.730. The molecule has 4 rings (SSSR count). The Kier molecular flexibility index (Phi) is 8.03. The molecular weight excluding hydrogens is 475 g/mol. The molecule has 2 aromatic carbocycles. The zero-order chi connectivity index (χ0) is 24.9. The van der Waals surface area contributed by atoms with E-state index in [1.54, 1.807) is 42.5 Å². The fourth-order valence-corrected chi connectivity index (χ4v) is 5.61. The van der Waals surface area contributed by atoms with Crippen LogP contribution in [0, 0.1) is 11.7 Å². The molecule has 0 aromatic heterocycles. The number of rotatable bonds is 10. The molecule has 1 aliphatic carbocycles. The lowest BCUT2D eigenvalue weighted by Gasteiger charge is -2.38. The molecular formula is C27H28FNO5S. The molecule has 1 N–H and O–H groups in total. The van der Waals surface area contributed by atoms with Crippen molar-refractivity contribution in [2.75, 3.05) is 26.0 Å². The summed E-state index contributed by atoms with van der Waals surface area (Å²) >= 11 is 1.40. The number of hydrogen-bond acceptors (Lipinski definition) is 6. The second kappa shape index (κ2) is 11.2. The van der Waals surface area contributed by atoms with E-state index in [1.807, 2.05) is 4.90 Å². The van der Waals surface area contributed by atoms with Crippen molar-refractivity contribution in [1.82, 2.24) is 4.90 Å². The number of benzene rings is 2. The molecule has 184 valence electrons. The number of hydrogen-bond donors (Lipinski definition) is 1. The number of ether oxygens (including phenoxy) is 1. The van der Waals surface area contributed by atoms with Crippen LogP contribution in [0.5, 0.6) is 5.75 Å². The molecule has 6 nitrogen and oxygen atoms in total. The molecule has 0 spiro atoms. The molecule has 35 heavy (non-hydrogen) atoms. The van der Waals surface area contributed by atoms with Gasteiger partial charge in [-0.15, -0.1) is 11.8 Å². The fourth-order valence-electron chi connectivity index (χ4n) is 4.47.